The minimum absolute atomic E-state index is 0.0292. The van der Waals surface area contributed by atoms with Crippen LogP contribution in [0.1, 0.15) is 21.6 Å². The van der Waals surface area contributed by atoms with Crippen molar-refractivity contribution in [2.24, 2.45) is 0 Å². The molecule has 1 aliphatic heterocycles. The number of carbonyl (C=O) groups excluding carboxylic acids is 1. The Morgan fingerprint density at radius 3 is 2.71 bits per heavy atom. The van der Waals surface area contributed by atoms with Crippen molar-refractivity contribution >= 4 is 47.0 Å². The van der Waals surface area contributed by atoms with Gasteiger partial charge in [-0.05, 0) is 18.1 Å². The van der Waals surface area contributed by atoms with Crippen LogP contribution in [0.15, 0.2) is 29.7 Å². The van der Waals surface area contributed by atoms with E-state index in [1.165, 1.54) is 17.5 Å². The Balaban J connectivity index is 1.84. The third-order valence-electron chi connectivity index (χ3n) is 3.98. The minimum Gasteiger partial charge on any atom is -0.534 e. The highest BCUT2D eigenvalue weighted by molar-refractivity contribution is 7.13. The van der Waals surface area contributed by atoms with Gasteiger partial charge in [-0.1, -0.05) is 12.1 Å². The van der Waals surface area contributed by atoms with E-state index in [0.29, 0.717) is 11.6 Å². The van der Waals surface area contributed by atoms with Crippen LogP contribution < -0.4 is 15.7 Å². The smallest absolute Gasteiger partial charge is 0.534 e. The van der Waals surface area contributed by atoms with Gasteiger partial charge in [0.25, 0.3) is 5.91 Å². The first-order valence-electron chi connectivity index (χ1n) is 7.93. The van der Waals surface area contributed by atoms with Crippen LogP contribution in [-0.2, 0) is 16.0 Å². The number of fused-ring (bicyclic) bond motifs is 1. The van der Waals surface area contributed by atoms with Crippen LogP contribution in [0, 0.1) is 0 Å². The van der Waals surface area contributed by atoms with E-state index in [1.54, 1.807) is 6.07 Å². The molecule has 1 atom stereocenters. The number of aromatic nitrogens is 1. The highest BCUT2D eigenvalue weighted by Crippen LogP contribution is 2.30. The van der Waals surface area contributed by atoms with Crippen LogP contribution in [0.5, 0.6) is 5.75 Å². The predicted octanol–water partition coefficient (Wildman–Crippen LogP) is 0.0311. The van der Waals surface area contributed by atoms with Crippen molar-refractivity contribution in [2.75, 3.05) is 5.73 Å². The molecule has 0 radical (unpaired) electrons. The average molecular weight is 403 g/mol. The van der Waals surface area contributed by atoms with Crippen molar-refractivity contribution < 1.29 is 34.3 Å². The van der Waals surface area contributed by atoms with Gasteiger partial charge in [0.2, 0.25) is 0 Å². The van der Waals surface area contributed by atoms with Crippen LogP contribution in [-0.4, -0.2) is 51.1 Å². The number of nitrogens with two attached hydrogens (primary N) is 1. The number of benzene rings is 1. The van der Waals surface area contributed by atoms with Crippen molar-refractivity contribution in [3.63, 3.8) is 0 Å². The molecule has 1 aromatic carbocycles. The molecule has 2 heterocycles. The summed E-state index contributed by atoms with van der Waals surface area (Å²) in [6.45, 7) is 0. The SMILES string of the molecule is Nc1nc(/C(=C\C(=O)O)C(=O)N[C@H]2Cc3cccc(C(=O)O)c3OB2O)cs1. The number of nitrogens with one attached hydrogen (secondary N) is 1. The van der Waals surface area contributed by atoms with E-state index in [4.69, 9.17) is 15.5 Å². The molecule has 1 amide bonds. The van der Waals surface area contributed by atoms with E-state index in [2.05, 4.69) is 10.3 Å². The summed E-state index contributed by atoms with van der Waals surface area (Å²) in [7, 11) is -1.52. The standard InChI is InChI=1S/C16H14BN3O7S/c18-16-19-10(6-28-16)9(5-12(21)22)14(23)20-11-4-7-2-1-3-8(15(24)25)13(7)27-17(11)26/h1-3,5-6,11,26H,4H2,(H2,18,19)(H,20,23)(H,21,22)(H,24,25)/b9-5+/t11-/m0/s1. The van der Waals surface area contributed by atoms with E-state index < -0.39 is 30.9 Å². The molecular weight excluding hydrogens is 389 g/mol. The molecule has 0 aliphatic carbocycles. The van der Waals surface area contributed by atoms with Gasteiger partial charge in [0.15, 0.2) is 5.13 Å². The zero-order valence-electron chi connectivity index (χ0n) is 14.2. The Kier molecular flexibility index (Phi) is 5.33. The van der Waals surface area contributed by atoms with Crippen LogP contribution in [0.3, 0.4) is 0 Å². The number of nitrogens with zero attached hydrogens (tertiary/aromatic N) is 1. The van der Waals surface area contributed by atoms with Gasteiger partial charge < -0.3 is 30.9 Å². The Bertz CT molecular complexity index is 990. The third kappa shape index (κ3) is 3.97. The first kappa shape index (κ1) is 19.4. The van der Waals surface area contributed by atoms with E-state index in [-0.39, 0.29) is 34.1 Å². The molecule has 0 unspecified atom stereocenters. The number of anilines is 1. The van der Waals surface area contributed by atoms with Gasteiger partial charge in [-0.2, -0.15) is 0 Å². The minimum atomic E-state index is -1.52. The normalized spacial score (nSPS) is 16.1. The van der Waals surface area contributed by atoms with Crippen molar-refractivity contribution in [1.29, 1.82) is 0 Å². The zero-order chi connectivity index (χ0) is 20.4. The number of hydrogen-bond acceptors (Lipinski definition) is 8. The molecule has 0 spiro atoms. The maximum Gasteiger partial charge on any atom is 0.547 e. The molecule has 6 N–H and O–H groups in total. The number of aliphatic carboxylic acids is 1. The number of amides is 1. The fourth-order valence-electron chi connectivity index (χ4n) is 2.75. The van der Waals surface area contributed by atoms with Gasteiger partial charge in [0.1, 0.15) is 5.75 Å². The lowest BCUT2D eigenvalue weighted by Crippen LogP contribution is -2.53. The van der Waals surface area contributed by atoms with Crippen LogP contribution in [0.25, 0.3) is 5.57 Å². The molecular formula is C16H14BN3O7S. The molecule has 10 nitrogen and oxygen atoms in total. The number of nitrogen functional groups attached to an aromatic ring is 1. The molecule has 1 aliphatic rings. The first-order valence-corrected chi connectivity index (χ1v) is 8.81. The zero-order valence-corrected chi connectivity index (χ0v) is 15.0. The highest BCUT2D eigenvalue weighted by atomic mass is 32.1. The number of aromatic carboxylic acids is 1. The van der Waals surface area contributed by atoms with Crippen LogP contribution >= 0.6 is 11.3 Å². The summed E-state index contributed by atoms with van der Waals surface area (Å²) in [4.78, 5) is 38.9. The molecule has 1 aromatic heterocycles. The second-order valence-corrected chi connectivity index (χ2v) is 6.75. The summed E-state index contributed by atoms with van der Waals surface area (Å²) in [5, 5.41) is 32.6. The maximum atomic E-state index is 12.6. The van der Waals surface area contributed by atoms with Crippen molar-refractivity contribution in [2.45, 2.75) is 12.4 Å². The van der Waals surface area contributed by atoms with Crippen LogP contribution in [0.2, 0.25) is 0 Å². The van der Waals surface area contributed by atoms with Gasteiger partial charge in [-0.15, -0.1) is 11.3 Å². The van der Waals surface area contributed by atoms with E-state index in [1.807, 2.05) is 0 Å². The molecule has 0 bridgehead atoms. The fraction of sp³-hybridized carbons (Fsp3) is 0.125. The van der Waals surface area contributed by atoms with Crippen molar-refractivity contribution in [3.8, 4) is 5.75 Å². The monoisotopic (exact) mass is 403 g/mol. The maximum absolute atomic E-state index is 12.6. The molecule has 0 fully saturated rings. The van der Waals surface area contributed by atoms with Crippen molar-refractivity contribution in [3.05, 3.63) is 46.5 Å². The van der Waals surface area contributed by atoms with E-state index >= 15 is 0 Å². The number of para-hydroxylation sites is 1. The van der Waals surface area contributed by atoms with Gasteiger partial charge in [-0.3, -0.25) is 4.79 Å². The molecule has 12 heteroatoms. The summed E-state index contributed by atoms with van der Waals surface area (Å²) in [5.41, 5.74) is 5.76. The first-order chi connectivity index (χ1) is 13.3. The quantitative estimate of drug-likeness (QED) is 0.341. The summed E-state index contributed by atoms with van der Waals surface area (Å²) in [6, 6.07) is 4.48. The predicted molar refractivity (Wildman–Crippen MR) is 99.8 cm³/mol. The molecule has 0 saturated carbocycles. The lowest BCUT2D eigenvalue weighted by atomic mass is 9.72. The lowest BCUT2D eigenvalue weighted by Gasteiger charge is -2.29. The molecule has 3 rings (SSSR count). The van der Waals surface area contributed by atoms with Gasteiger partial charge in [-0.25, -0.2) is 14.6 Å². The third-order valence-corrected chi connectivity index (χ3v) is 4.65. The highest BCUT2D eigenvalue weighted by Gasteiger charge is 2.38. The Labute approximate surface area is 162 Å². The summed E-state index contributed by atoms with van der Waals surface area (Å²) in [6.07, 6.45) is 0.777. The summed E-state index contributed by atoms with van der Waals surface area (Å²) in [5.74, 6) is -4.26. The molecule has 0 saturated heterocycles. The lowest BCUT2D eigenvalue weighted by molar-refractivity contribution is -0.131. The number of thiazole rings is 1. The second-order valence-electron chi connectivity index (χ2n) is 5.86. The molecule has 28 heavy (non-hydrogen) atoms. The fourth-order valence-corrected chi connectivity index (χ4v) is 3.32. The summed E-state index contributed by atoms with van der Waals surface area (Å²) < 4.78 is 5.30. The van der Waals surface area contributed by atoms with Crippen LogP contribution in [0.4, 0.5) is 5.13 Å². The van der Waals surface area contributed by atoms with Crippen molar-refractivity contribution in [1.82, 2.24) is 10.3 Å². The largest absolute Gasteiger partial charge is 0.547 e. The number of carboxylic acids is 2. The topological polar surface area (TPSA) is 172 Å². The Morgan fingerprint density at radius 2 is 2.11 bits per heavy atom. The van der Waals surface area contributed by atoms with Gasteiger partial charge >= 0.3 is 19.1 Å². The van der Waals surface area contributed by atoms with E-state index in [0.717, 1.165) is 11.3 Å². The Hall–Kier alpha value is -3.38. The summed E-state index contributed by atoms with van der Waals surface area (Å²) >= 11 is 1.04. The second kappa shape index (κ2) is 7.70. The number of rotatable bonds is 5. The average Bonchev–Trinajstić information content (AvgIpc) is 3.05. The number of carbonyl (C=O) groups is 3. The van der Waals surface area contributed by atoms with Gasteiger partial charge in [0, 0.05) is 11.5 Å². The van der Waals surface area contributed by atoms with E-state index in [9.17, 15) is 24.5 Å². The van der Waals surface area contributed by atoms with Gasteiger partial charge in [0.05, 0.1) is 22.8 Å². The molecule has 144 valence electrons. The molecule has 2 aromatic rings. The number of hydrogen-bond donors (Lipinski definition) is 5. The Morgan fingerprint density at radius 1 is 1.36 bits per heavy atom. The number of carboxylic acid groups (broad SMARTS) is 2.